The van der Waals surface area contributed by atoms with E-state index in [1.165, 1.54) is 9.56 Å². The third-order valence-electron chi connectivity index (χ3n) is 4.46. The van der Waals surface area contributed by atoms with Crippen molar-refractivity contribution in [3.63, 3.8) is 0 Å². The van der Waals surface area contributed by atoms with Gasteiger partial charge in [0.2, 0.25) is 0 Å². The van der Waals surface area contributed by atoms with Gasteiger partial charge < -0.3 is 0 Å². The molecule has 1 aromatic carbocycles. The minimum Gasteiger partial charge on any atom is -0.295 e. The third kappa shape index (κ3) is 2.63. The number of thiophene rings is 1. The molecular formula is C19H16N4OS. The fraction of sp³-hybridized carbons (Fsp3) is 0.211. The molecule has 2 aromatic heterocycles. The Bertz CT molecular complexity index is 1060. The molecule has 0 atom stereocenters. The van der Waals surface area contributed by atoms with Gasteiger partial charge in [-0.3, -0.25) is 9.89 Å². The van der Waals surface area contributed by atoms with E-state index < -0.39 is 0 Å². The monoisotopic (exact) mass is 348 g/mol. The van der Waals surface area contributed by atoms with E-state index in [0.29, 0.717) is 16.1 Å². The molecule has 0 saturated carbocycles. The van der Waals surface area contributed by atoms with Crippen molar-refractivity contribution in [2.45, 2.75) is 26.2 Å². The number of hydrogen-bond acceptors (Lipinski definition) is 4. The van der Waals surface area contributed by atoms with E-state index in [1.54, 1.807) is 17.6 Å². The quantitative estimate of drug-likeness (QED) is 0.734. The van der Waals surface area contributed by atoms with Crippen molar-refractivity contribution in [3.8, 4) is 11.8 Å². The average molecular weight is 348 g/mol. The van der Waals surface area contributed by atoms with Gasteiger partial charge in [0.15, 0.2) is 0 Å². The van der Waals surface area contributed by atoms with Crippen LogP contribution in [0.25, 0.3) is 5.69 Å². The summed E-state index contributed by atoms with van der Waals surface area (Å²) >= 11 is 1.57. The molecule has 4 rings (SSSR count). The number of aromatic amines is 1. The Morgan fingerprint density at radius 1 is 1.32 bits per heavy atom. The molecule has 6 heteroatoms. The molecule has 3 aromatic rings. The second-order valence-electron chi connectivity index (χ2n) is 6.03. The Hall–Kier alpha value is -2.91. The number of aliphatic imine (C=N–C) groups is 1. The number of H-pyrrole nitrogens is 1. The maximum atomic E-state index is 12.7. The highest BCUT2D eigenvalue weighted by molar-refractivity contribution is 7.16. The van der Waals surface area contributed by atoms with Crippen LogP contribution in [-0.2, 0) is 12.8 Å². The van der Waals surface area contributed by atoms with Crippen LogP contribution in [0.4, 0.5) is 5.00 Å². The number of aryl methyl sites for hydroxylation is 2. The van der Waals surface area contributed by atoms with Gasteiger partial charge in [0.25, 0.3) is 5.56 Å². The first kappa shape index (κ1) is 15.6. The number of hydrogen-bond donors (Lipinski definition) is 1. The highest BCUT2D eigenvalue weighted by Gasteiger charge is 2.21. The van der Waals surface area contributed by atoms with Crippen molar-refractivity contribution in [1.29, 1.82) is 5.26 Å². The van der Waals surface area contributed by atoms with Gasteiger partial charge in [0.05, 0.1) is 16.8 Å². The first-order chi connectivity index (χ1) is 12.2. The number of nitriles is 1. The lowest BCUT2D eigenvalue weighted by atomic mass is 10.1. The van der Waals surface area contributed by atoms with Crippen molar-refractivity contribution in [2.24, 2.45) is 4.99 Å². The number of nitrogens with zero attached hydrogens (tertiary/aromatic N) is 3. The van der Waals surface area contributed by atoms with Gasteiger partial charge in [-0.25, -0.2) is 9.67 Å². The van der Waals surface area contributed by atoms with Crippen LogP contribution in [0.15, 0.2) is 40.1 Å². The van der Waals surface area contributed by atoms with Crippen LogP contribution in [0.3, 0.4) is 0 Å². The molecule has 0 amide bonds. The molecule has 0 saturated heterocycles. The maximum absolute atomic E-state index is 12.7. The van der Waals surface area contributed by atoms with Crippen molar-refractivity contribution < 1.29 is 0 Å². The zero-order valence-electron chi connectivity index (χ0n) is 13.7. The van der Waals surface area contributed by atoms with E-state index in [-0.39, 0.29) is 5.56 Å². The number of benzene rings is 1. The first-order valence-corrected chi connectivity index (χ1v) is 8.96. The molecule has 2 heterocycles. The van der Waals surface area contributed by atoms with Gasteiger partial charge in [-0.1, -0.05) is 18.2 Å². The lowest BCUT2D eigenvalue weighted by Gasteiger charge is -1.99. The maximum Gasteiger partial charge on any atom is 0.280 e. The highest BCUT2D eigenvalue weighted by Crippen LogP contribution is 2.40. The van der Waals surface area contributed by atoms with Crippen molar-refractivity contribution >= 4 is 22.6 Å². The van der Waals surface area contributed by atoms with Crippen LogP contribution in [0.5, 0.6) is 0 Å². The molecule has 124 valence electrons. The Labute approximate surface area is 148 Å². The molecule has 0 bridgehead atoms. The summed E-state index contributed by atoms with van der Waals surface area (Å²) in [4.78, 5) is 18.4. The molecular weight excluding hydrogens is 332 g/mol. The van der Waals surface area contributed by atoms with Gasteiger partial charge in [-0.15, -0.1) is 11.3 Å². The molecule has 25 heavy (non-hydrogen) atoms. The van der Waals surface area contributed by atoms with Gasteiger partial charge in [0.1, 0.15) is 11.1 Å². The molecule has 1 N–H and O–H groups in total. The average Bonchev–Trinajstić information content (AvgIpc) is 3.27. The normalized spacial score (nSPS) is 13.3. The van der Waals surface area contributed by atoms with Crippen molar-refractivity contribution in [2.75, 3.05) is 0 Å². The highest BCUT2D eigenvalue weighted by atomic mass is 32.1. The van der Waals surface area contributed by atoms with Crippen LogP contribution in [0, 0.1) is 18.3 Å². The molecule has 1 aliphatic carbocycles. The van der Waals surface area contributed by atoms with Crippen LogP contribution < -0.4 is 5.56 Å². The molecule has 0 radical (unpaired) electrons. The molecule has 0 aliphatic heterocycles. The summed E-state index contributed by atoms with van der Waals surface area (Å²) in [5, 5.41) is 13.2. The van der Waals surface area contributed by atoms with Gasteiger partial charge >= 0.3 is 0 Å². The number of fused-ring (bicyclic) bond motifs is 1. The fourth-order valence-corrected chi connectivity index (χ4v) is 4.37. The van der Waals surface area contributed by atoms with Gasteiger partial charge in [-0.2, -0.15) is 5.26 Å². The number of nitrogens with one attached hydrogen (secondary N) is 1. The summed E-state index contributed by atoms with van der Waals surface area (Å²) in [6, 6.07) is 11.7. The molecule has 1 aliphatic rings. The molecule has 5 nitrogen and oxygen atoms in total. The third-order valence-corrected chi connectivity index (χ3v) is 5.66. The summed E-state index contributed by atoms with van der Waals surface area (Å²) in [7, 11) is 0. The predicted molar refractivity (Wildman–Crippen MR) is 99.4 cm³/mol. The topological polar surface area (TPSA) is 73.9 Å². The molecule has 0 spiro atoms. The lowest BCUT2D eigenvalue weighted by Crippen LogP contribution is -2.17. The summed E-state index contributed by atoms with van der Waals surface area (Å²) in [5.41, 5.74) is 3.72. The summed E-state index contributed by atoms with van der Waals surface area (Å²) in [6.07, 6.45) is 4.66. The standard InChI is InChI=1S/C19H16N4OS/c1-12-16(19(24)23(22-12)13-6-3-2-4-7-13)11-21-18-15(10-20)14-8-5-9-17(14)25-18/h2-4,6-7,11,22H,5,8-9H2,1H3/b21-11+. The molecule has 0 fully saturated rings. The number of rotatable bonds is 3. The van der Waals surface area contributed by atoms with Crippen LogP contribution >= 0.6 is 11.3 Å². The predicted octanol–water partition coefficient (Wildman–Crippen LogP) is 3.65. The van der Waals surface area contributed by atoms with E-state index >= 15 is 0 Å². The molecule has 0 unspecified atom stereocenters. The Morgan fingerprint density at radius 2 is 2.12 bits per heavy atom. The number of para-hydroxylation sites is 1. The fourth-order valence-electron chi connectivity index (χ4n) is 3.19. The smallest absolute Gasteiger partial charge is 0.280 e. The van der Waals surface area contributed by atoms with E-state index in [1.807, 2.05) is 37.3 Å². The zero-order valence-corrected chi connectivity index (χ0v) is 14.6. The van der Waals surface area contributed by atoms with E-state index in [2.05, 4.69) is 16.2 Å². The largest absolute Gasteiger partial charge is 0.295 e. The van der Waals surface area contributed by atoms with Crippen LogP contribution in [0.1, 0.15) is 33.7 Å². The minimum absolute atomic E-state index is 0.143. The van der Waals surface area contributed by atoms with E-state index in [0.717, 1.165) is 36.2 Å². The van der Waals surface area contributed by atoms with E-state index in [9.17, 15) is 10.1 Å². The second-order valence-corrected chi connectivity index (χ2v) is 7.12. The van der Waals surface area contributed by atoms with Gasteiger partial charge in [0, 0.05) is 16.8 Å². The summed E-state index contributed by atoms with van der Waals surface area (Å²) in [5.74, 6) is 0. The zero-order chi connectivity index (χ0) is 17.4. The Kier molecular flexibility index (Phi) is 3.86. The SMILES string of the molecule is Cc1[nH]n(-c2ccccc2)c(=O)c1/C=N/c1sc2c(c1C#N)CCC2. The lowest BCUT2D eigenvalue weighted by molar-refractivity contribution is 0.835. The van der Waals surface area contributed by atoms with Crippen molar-refractivity contribution in [1.82, 2.24) is 9.78 Å². The Balaban J connectivity index is 1.73. The minimum atomic E-state index is -0.143. The summed E-state index contributed by atoms with van der Waals surface area (Å²) < 4.78 is 1.51. The summed E-state index contributed by atoms with van der Waals surface area (Å²) in [6.45, 7) is 1.85. The number of aromatic nitrogens is 2. The van der Waals surface area contributed by atoms with Crippen LogP contribution in [-0.4, -0.2) is 16.0 Å². The second kappa shape index (κ2) is 6.19. The van der Waals surface area contributed by atoms with E-state index in [4.69, 9.17) is 0 Å². The first-order valence-electron chi connectivity index (χ1n) is 8.15. The van der Waals surface area contributed by atoms with Crippen molar-refractivity contribution in [3.05, 3.63) is 67.9 Å². The van der Waals surface area contributed by atoms with Gasteiger partial charge in [-0.05, 0) is 43.9 Å². The van der Waals surface area contributed by atoms with Crippen LogP contribution in [0.2, 0.25) is 0 Å². The Morgan fingerprint density at radius 3 is 2.88 bits per heavy atom.